The molecule has 0 saturated heterocycles. The average molecular weight is 1210 g/mol. The van der Waals surface area contributed by atoms with E-state index in [9.17, 15) is 35.1 Å². The number of hydrogen-bond acceptors (Lipinski definition) is 20. The molecule has 0 bridgehead atoms. The maximum Gasteiger partial charge on any atom is 0.425 e. The van der Waals surface area contributed by atoms with Crippen LogP contribution in [0.25, 0.3) is 25.6 Å². The van der Waals surface area contributed by atoms with Crippen molar-refractivity contribution in [3.8, 4) is 11.2 Å². The standard InChI is InChI=1S/C50H52N10O3S3.2CH4O3S.O3S/c1-11-31-21-28(5)22-32(12-2)43(31)55-46-42(56-57-47-36(27-51)45(50(8,9)10)58-60(47)49-53-37-17-15-16-18-39(37)64-49)30(7)25-41(54-46)59(44-33(13-3)23-29(6)24-34(44)14-4)48-52-38-20-19-35(66(61,62)63)26-40(38)65-48;2*1-5(2,3)4;1-4(2)3/h15-26H,11-14H2,1-10H3,(H,54,55)(H,61,62,63);2*1H3,(H,2,3,4);. The molecule has 28 heteroatoms. The molecule has 0 aliphatic heterocycles. The van der Waals surface area contributed by atoms with E-state index in [1.165, 1.54) is 34.8 Å². The van der Waals surface area contributed by atoms with Crippen molar-refractivity contribution in [2.75, 3.05) is 22.7 Å². The topological polar surface area (TPSA) is 335 Å². The minimum atomic E-state index is -4.46. The van der Waals surface area contributed by atoms with Crippen LogP contribution in [0.3, 0.4) is 0 Å². The number of nitrogens with zero attached hydrogens (tertiary/aromatic N) is 9. The normalized spacial score (nSPS) is 11.8. The van der Waals surface area contributed by atoms with Crippen molar-refractivity contribution in [3.05, 3.63) is 123 Å². The van der Waals surface area contributed by atoms with E-state index in [1.807, 2.05) is 58.0 Å². The Hall–Kier alpha value is -6.94. The second kappa shape index (κ2) is 26.1. The molecule has 426 valence electrons. The number of nitrogens with one attached hydrogen (secondary N) is 1. The van der Waals surface area contributed by atoms with Crippen LogP contribution in [0.1, 0.15) is 98.7 Å². The molecule has 4 aromatic carbocycles. The summed E-state index contributed by atoms with van der Waals surface area (Å²) in [7, 11) is -14.9. The first kappa shape index (κ1) is 63.9. The number of pyridine rings is 1. The van der Waals surface area contributed by atoms with Crippen LogP contribution >= 0.6 is 22.7 Å². The van der Waals surface area contributed by atoms with Gasteiger partial charge in [0.25, 0.3) is 30.4 Å². The van der Waals surface area contributed by atoms with Gasteiger partial charge in [0.1, 0.15) is 23.1 Å². The summed E-state index contributed by atoms with van der Waals surface area (Å²) in [6.07, 6.45) is 4.40. The number of thiazole rings is 2. The Kier molecular flexibility index (Phi) is 20.8. The summed E-state index contributed by atoms with van der Waals surface area (Å²) in [5.41, 5.74) is 11.5. The van der Waals surface area contributed by atoms with Crippen molar-refractivity contribution in [2.24, 2.45) is 10.2 Å². The third-order valence-electron chi connectivity index (χ3n) is 11.5. The summed E-state index contributed by atoms with van der Waals surface area (Å²) in [6, 6.07) is 25.4. The van der Waals surface area contributed by atoms with Crippen LogP contribution in [-0.4, -0.2) is 88.8 Å². The number of hydrogen-bond donors (Lipinski definition) is 4. The van der Waals surface area contributed by atoms with E-state index < -0.39 is 46.4 Å². The van der Waals surface area contributed by atoms with E-state index in [0.717, 1.165) is 86.2 Å². The van der Waals surface area contributed by atoms with Crippen molar-refractivity contribution >= 4 is 124 Å². The third kappa shape index (κ3) is 16.8. The molecule has 0 amide bonds. The second-order valence-corrected chi connectivity index (χ2v) is 25.8. The highest BCUT2D eigenvalue weighted by Gasteiger charge is 2.30. The lowest BCUT2D eigenvalue weighted by Crippen LogP contribution is -2.17. The molecule has 80 heavy (non-hydrogen) atoms. The molecule has 0 unspecified atom stereocenters. The van der Waals surface area contributed by atoms with Gasteiger partial charge in [0.15, 0.2) is 16.8 Å². The summed E-state index contributed by atoms with van der Waals surface area (Å²) in [6.45, 7) is 20.7. The Bertz CT molecular complexity index is 4030. The number of para-hydroxylation sites is 1. The molecule has 4 heterocycles. The third-order valence-corrected chi connectivity index (χ3v) is 14.3. The predicted octanol–water partition coefficient (Wildman–Crippen LogP) is 11.7. The van der Waals surface area contributed by atoms with Crippen LogP contribution in [0.15, 0.2) is 87.9 Å². The highest BCUT2D eigenvalue weighted by Crippen LogP contribution is 2.46. The van der Waals surface area contributed by atoms with E-state index in [-0.39, 0.29) is 10.7 Å². The van der Waals surface area contributed by atoms with Gasteiger partial charge in [-0.25, -0.2) is 15.0 Å². The molecule has 8 rings (SSSR count). The zero-order valence-electron chi connectivity index (χ0n) is 45.7. The molecular weight excluding hydrogens is 1150 g/mol. The molecule has 8 aromatic rings. The van der Waals surface area contributed by atoms with Gasteiger partial charge in [0, 0.05) is 11.1 Å². The fourth-order valence-corrected chi connectivity index (χ4v) is 10.8. The number of benzene rings is 4. The molecule has 0 aliphatic rings. The summed E-state index contributed by atoms with van der Waals surface area (Å²) in [5.74, 6) is 1.24. The van der Waals surface area contributed by atoms with Crippen molar-refractivity contribution < 1.29 is 51.5 Å². The van der Waals surface area contributed by atoms with Gasteiger partial charge in [-0.3, -0.25) is 18.6 Å². The molecule has 0 fully saturated rings. The van der Waals surface area contributed by atoms with Crippen molar-refractivity contribution in [2.45, 2.75) is 105 Å². The molecule has 0 saturated carbocycles. The highest BCUT2D eigenvalue weighted by molar-refractivity contribution is 7.86. The van der Waals surface area contributed by atoms with E-state index in [4.69, 9.17) is 52.0 Å². The lowest BCUT2D eigenvalue weighted by Gasteiger charge is -2.28. The van der Waals surface area contributed by atoms with Crippen LogP contribution in [0.2, 0.25) is 0 Å². The summed E-state index contributed by atoms with van der Waals surface area (Å²) in [4.78, 5) is 17.3. The predicted molar refractivity (Wildman–Crippen MR) is 312 cm³/mol. The van der Waals surface area contributed by atoms with Gasteiger partial charge < -0.3 is 5.32 Å². The van der Waals surface area contributed by atoms with Gasteiger partial charge >= 0.3 is 10.6 Å². The first-order chi connectivity index (χ1) is 37.2. The molecule has 0 aliphatic carbocycles. The molecule has 0 atom stereocenters. The van der Waals surface area contributed by atoms with Gasteiger partial charge in [0.05, 0.1) is 49.2 Å². The van der Waals surface area contributed by atoms with Crippen LogP contribution < -0.4 is 10.2 Å². The Labute approximate surface area is 474 Å². The monoisotopic (exact) mass is 1210 g/mol. The Balaban J connectivity index is 0.000000750. The lowest BCUT2D eigenvalue weighted by atomic mass is 9.90. The molecule has 0 spiro atoms. The van der Waals surface area contributed by atoms with Gasteiger partial charge in [-0.1, -0.05) is 119 Å². The van der Waals surface area contributed by atoms with Crippen molar-refractivity contribution in [3.63, 3.8) is 0 Å². The van der Waals surface area contributed by atoms with Crippen LogP contribution in [0, 0.1) is 32.1 Å². The van der Waals surface area contributed by atoms with E-state index in [2.05, 4.69) is 82.1 Å². The van der Waals surface area contributed by atoms with Crippen LogP contribution in [0.4, 0.5) is 39.6 Å². The molecule has 22 nitrogen and oxygen atoms in total. The molecule has 4 aromatic heterocycles. The second-order valence-electron chi connectivity index (χ2n) is 19.0. The minimum absolute atomic E-state index is 0.207. The van der Waals surface area contributed by atoms with E-state index in [1.54, 1.807) is 10.7 Å². The average Bonchev–Trinajstić information content (AvgIpc) is 4.08. The van der Waals surface area contributed by atoms with E-state index >= 15 is 0 Å². The van der Waals surface area contributed by atoms with Crippen LogP contribution in [0.5, 0.6) is 0 Å². The first-order valence-corrected chi connectivity index (χ1v) is 32.1. The van der Waals surface area contributed by atoms with Gasteiger partial charge in [0.2, 0.25) is 5.13 Å². The maximum absolute atomic E-state index is 12.3. The number of azo groups is 1. The lowest BCUT2D eigenvalue weighted by molar-refractivity contribution is 0.482. The highest BCUT2D eigenvalue weighted by atomic mass is 32.2. The Morgan fingerprint density at radius 3 is 1.71 bits per heavy atom. The summed E-state index contributed by atoms with van der Waals surface area (Å²) in [5, 5.41) is 30.5. The fourth-order valence-electron chi connectivity index (χ4n) is 8.28. The number of anilines is 5. The van der Waals surface area contributed by atoms with Crippen molar-refractivity contribution in [1.29, 1.82) is 5.26 Å². The fraction of sp³-hybridized carbons (Fsp3) is 0.327. The molecule has 0 radical (unpaired) electrons. The van der Waals surface area contributed by atoms with Crippen molar-refractivity contribution in [1.82, 2.24) is 24.7 Å². The smallest absolute Gasteiger partial charge is 0.338 e. The maximum atomic E-state index is 12.3. The SMILES string of the molecule is CCc1cc(C)cc(CC)c1Nc1nc(N(c2nc3ccc(S(=O)(=O)O)cc3s2)c2c(CC)cc(C)cc2CC)cc(C)c1N=Nc1c(C#N)c(C(C)(C)C)nn1-c1nc2ccccc2s1.CS(=O)(=O)O.CS(=O)(=O)O.O=S(=O)=O. The minimum Gasteiger partial charge on any atom is -0.338 e. The first-order valence-electron chi connectivity index (χ1n) is 24.3. The summed E-state index contributed by atoms with van der Waals surface area (Å²) >= 11 is 2.77. The van der Waals surface area contributed by atoms with Gasteiger partial charge in [-0.05, 0) is 111 Å². The zero-order valence-corrected chi connectivity index (χ0v) is 50.6. The number of nitriles is 1. The van der Waals surface area contributed by atoms with Gasteiger partial charge in [-0.15, -0.1) is 22.9 Å². The molecule has 4 N–H and O–H groups in total. The number of aromatic nitrogens is 5. The summed E-state index contributed by atoms with van der Waals surface area (Å²) < 4.78 is 115. The molecular formula is C52H60N10O12S6. The largest absolute Gasteiger partial charge is 0.425 e. The number of rotatable bonds is 13. The zero-order chi connectivity index (χ0) is 59.8. The quantitative estimate of drug-likeness (QED) is 0.0615. The van der Waals surface area contributed by atoms with E-state index in [0.29, 0.717) is 61.6 Å². The van der Waals surface area contributed by atoms with Crippen LogP contribution in [-0.2, 0) is 72.1 Å². The Morgan fingerprint density at radius 1 is 0.713 bits per heavy atom. The number of aryl methyl sites for hydroxylation is 7. The number of fused-ring (bicyclic) bond motifs is 2. The van der Waals surface area contributed by atoms with Gasteiger partial charge in [-0.2, -0.15) is 40.3 Å². The Morgan fingerprint density at radius 2 is 1.23 bits per heavy atom.